The molecular formula is C34H46O3. The van der Waals surface area contributed by atoms with Crippen LogP contribution < -0.4 is 9.47 Å². The third kappa shape index (κ3) is 5.67. The number of fused-ring (bicyclic) bond motifs is 1. The molecule has 0 spiro atoms. The van der Waals surface area contributed by atoms with E-state index in [-0.39, 0.29) is 11.0 Å². The summed E-state index contributed by atoms with van der Waals surface area (Å²) < 4.78 is 12.8. The molecule has 3 heteroatoms. The first-order valence-electron chi connectivity index (χ1n) is 14.0. The molecule has 0 aromatic heterocycles. The lowest BCUT2D eigenvalue weighted by Crippen LogP contribution is -2.56. The molecule has 2 aliphatic rings. The van der Waals surface area contributed by atoms with Gasteiger partial charge in [0.25, 0.3) is 0 Å². The quantitative estimate of drug-likeness (QED) is 0.350. The van der Waals surface area contributed by atoms with Crippen molar-refractivity contribution in [2.24, 2.45) is 17.3 Å². The van der Waals surface area contributed by atoms with Gasteiger partial charge in [0, 0.05) is 11.5 Å². The minimum absolute atomic E-state index is 0.256. The van der Waals surface area contributed by atoms with Crippen molar-refractivity contribution in [2.45, 2.75) is 90.3 Å². The molecule has 0 heterocycles. The Hall–Kier alpha value is -2.52. The summed E-state index contributed by atoms with van der Waals surface area (Å²) in [4.78, 5) is 0. The number of benzene rings is 2. The number of rotatable bonds is 9. The Morgan fingerprint density at radius 2 is 1.73 bits per heavy atom. The lowest BCUT2D eigenvalue weighted by Gasteiger charge is -2.57. The molecule has 2 fully saturated rings. The Morgan fingerprint density at radius 3 is 2.41 bits per heavy atom. The molecule has 0 bridgehead atoms. The first-order valence-corrected chi connectivity index (χ1v) is 14.0. The molecule has 1 N–H and O–H groups in total. The number of allylic oxidation sites excluding steroid dienone is 2. The fourth-order valence-corrected chi connectivity index (χ4v) is 7.12. The standard InChI is InChI=1S/C34H46O3/c1-8-11-24-13-15-30(36-7)28(21-24)25-14-16-29(26(22-25)12-9-2)37-34(6)19-10-18-33(5)20-17-27(23-31(33)34)32(3,4)35/h8-9,13-16,21-22,27,31,35H,1-2,10-12,17-20,23H2,3-7H3/t27-,31-,33-,34-/m1/s1. The van der Waals surface area contributed by atoms with Crippen molar-refractivity contribution in [3.05, 3.63) is 72.8 Å². The van der Waals surface area contributed by atoms with Gasteiger partial charge < -0.3 is 14.6 Å². The van der Waals surface area contributed by atoms with E-state index >= 15 is 0 Å². The summed E-state index contributed by atoms with van der Waals surface area (Å²) in [6.45, 7) is 16.6. The van der Waals surface area contributed by atoms with E-state index in [0.29, 0.717) is 11.8 Å². The second-order valence-electron chi connectivity index (χ2n) is 12.4. The van der Waals surface area contributed by atoms with Crippen molar-refractivity contribution in [2.75, 3.05) is 7.11 Å². The smallest absolute Gasteiger partial charge is 0.126 e. The van der Waals surface area contributed by atoms with Gasteiger partial charge in [-0.15, -0.1) is 13.2 Å². The average molecular weight is 503 g/mol. The summed E-state index contributed by atoms with van der Waals surface area (Å²) in [5, 5.41) is 10.9. The largest absolute Gasteiger partial charge is 0.496 e. The fraction of sp³-hybridized carbons (Fsp3) is 0.529. The highest BCUT2D eigenvalue weighted by molar-refractivity contribution is 5.73. The van der Waals surface area contributed by atoms with E-state index < -0.39 is 5.60 Å². The van der Waals surface area contributed by atoms with Gasteiger partial charge in [0.15, 0.2) is 0 Å². The molecule has 0 amide bonds. The lowest BCUT2D eigenvalue weighted by atomic mass is 9.52. The zero-order chi connectivity index (χ0) is 26.8. The second kappa shape index (κ2) is 10.7. The first kappa shape index (κ1) is 27.5. The number of aliphatic hydroxyl groups is 1. The Balaban J connectivity index is 1.69. The molecule has 3 nitrogen and oxygen atoms in total. The van der Waals surface area contributed by atoms with Crippen LogP contribution >= 0.6 is 0 Å². The SMILES string of the molecule is C=CCc1ccc(OC)c(-c2ccc(O[C@]3(C)CCC[C@]4(C)CC[C@@H](C(C)(C)O)C[C@H]43)c(CC=C)c2)c1. The van der Waals surface area contributed by atoms with Crippen molar-refractivity contribution in [1.82, 2.24) is 0 Å². The first-order chi connectivity index (χ1) is 17.5. The third-order valence-corrected chi connectivity index (χ3v) is 9.31. The van der Waals surface area contributed by atoms with Gasteiger partial charge in [-0.2, -0.15) is 0 Å². The van der Waals surface area contributed by atoms with Crippen LogP contribution in [-0.4, -0.2) is 23.4 Å². The molecule has 0 unspecified atom stereocenters. The van der Waals surface area contributed by atoms with Crippen LogP contribution in [0, 0.1) is 17.3 Å². The number of hydrogen-bond donors (Lipinski definition) is 1. The van der Waals surface area contributed by atoms with E-state index in [1.165, 1.54) is 18.4 Å². The van der Waals surface area contributed by atoms with E-state index in [1.54, 1.807) is 7.11 Å². The van der Waals surface area contributed by atoms with Crippen molar-refractivity contribution < 1.29 is 14.6 Å². The summed E-state index contributed by atoms with van der Waals surface area (Å²) in [5.74, 6) is 2.52. The number of methoxy groups -OCH3 is 1. The summed E-state index contributed by atoms with van der Waals surface area (Å²) in [6, 6.07) is 12.9. The Labute approximate surface area is 224 Å². The van der Waals surface area contributed by atoms with Crippen molar-refractivity contribution in [1.29, 1.82) is 0 Å². The average Bonchev–Trinajstić information content (AvgIpc) is 2.84. The Bertz CT molecular complexity index is 1130. The minimum Gasteiger partial charge on any atom is -0.496 e. The summed E-state index contributed by atoms with van der Waals surface area (Å²) in [6.07, 6.45) is 12.2. The van der Waals surface area contributed by atoms with E-state index in [9.17, 15) is 5.11 Å². The summed E-state index contributed by atoms with van der Waals surface area (Å²) >= 11 is 0. The van der Waals surface area contributed by atoms with Crippen LogP contribution in [0.25, 0.3) is 11.1 Å². The van der Waals surface area contributed by atoms with Gasteiger partial charge in [-0.1, -0.05) is 31.2 Å². The van der Waals surface area contributed by atoms with E-state index in [0.717, 1.165) is 66.7 Å². The maximum atomic E-state index is 10.9. The van der Waals surface area contributed by atoms with Crippen LogP contribution in [0.5, 0.6) is 11.5 Å². The highest BCUT2D eigenvalue weighted by Gasteiger charge is 2.54. The summed E-state index contributed by atoms with van der Waals surface area (Å²) in [7, 11) is 1.72. The topological polar surface area (TPSA) is 38.7 Å². The molecule has 2 aliphatic carbocycles. The second-order valence-corrected chi connectivity index (χ2v) is 12.4. The highest BCUT2D eigenvalue weighted by atomic mass is 16.5. The van der Waals surface area contributed by atoms with Gasteiger partial charge in [0.1, 0.15) is 17.1 Å². The third-order valence-electron chi connectivity index (χ3n) is 9.31. The molecule has 37 heavy (non-hydrogen) atoms. The zero-order valence-corrected chi connectivity index (χ0v) is 23.6. The number of hydrogen-bond acceptors (Lipinski definition) is 3. The predicted octanol–water partition coefficient (Wildman–Crippen LogP) is 8.33. The highest BCUT2D eigenvalue weighted by Crippen LogP contribution is 2.58. The molecule has 0 aliphatic heterocycles. The molecule has 2 saturated carbocycles. The molecule has 2 aromatic rings. The predicted molar refractivity (Wildman–Crippen MR) is 154 cm³/mol. The zero-order valence-electron chi connectivity index (χ0n) is 23.6. The molecule has 200 valence electrons. The monoisotopic (exact) mass is 502 g/mol. The maximum Gasteiger partial charge on any atom is 0.126 e. The van der Waals surface area contributed by atoms with Gasteiger partial charge in [-0.25, -0.2) is 0 Å². The van der Waals surface area contributed by atoms with Gasteiger partial charge >= 0.3 is 0 Å². The van der Waals surface area contributed by atoms with Gasteiger partial charge in [0.2, 0.25) is 0 Å². The van der Waals surface area contributed by atoms with Crippen LogP contribution in [0.1, 0.15) is 77.3 Å². The molecule has 4 rings (SSSR count). The van der Waals surface area contributed by atoms with Gasteiger partial charge in [0.05, 0.1) is 12.7 Å². The molecule has 2 aromatic carbocycles. The molecule has 0 saturated heterocycles. The Morgan fingerprint density at radius 1 is 1.00 bits per heavy atom. The number of ether oxygens (including phenoxy) is 2. The van der Waals surface area contributed by atoms with Crippen LogP contribution in [0.4, 0.5) is 0 Å². The van der Waals surface area contributed by atoms with Gasteiger partial charge in [-0.3, -0.25) is 0 Å². The van der Waals surface area contributed by atoms with Crippen LogP contribution in [-0.2, 0) is 12.8 Å². The van der Waals surface area contributed by atoms with Crippen molar-refractivity contribution >= 4 is 0 Å². The van der Waals surface area contributed by atoms with E-state index in [4.69, 9.17) is 9.47 Å². The van der Waals surface area contributed by atoms with Crippen LogP contribution in [0.3, 0.4) is 0 Å². The molecular weight excluding hydrogens is 456 g/mol. The van der Waals surface area contributed by atoms with Crippen LogP contribution in [0.2, 0.25) is 0 Å². The molecule has 4 atom stereocenters. The lowest BCUT2D eigenvalue weighted by molar-refractivity contribution is -0.131. The minimum atomic E-state index is -0.658. The molecule has 0 radical (unpaired) electrons. The fourth-order valence-electron chi connectivity index (χ4n) is 7.12. The Kier molecular flexibility index (Phi) is 7.95. The maximum absolute atomic E-state index is 10.9. The van der Waals surface area contributed by atoms with Crippen LogP contribution in [0.15, 0.2) is 61.7 Å². The summed E-state index contributed by atoms with van der Waals surface area (Å²) in [5.41, 5.74) is 3.88. The normalized spacial score (nSPS) is 27.7. The van der Waals surface area contributed by atoms with E-state index in [2.05, 4.69) is 57.3 Å². The van der Waals surface area contributed by atoms with Gasteiger partial charge in [-0.05, 0) is 124 Å². The van der Waals surface area contributed by atoms with E-state index in [1.807, 2.05) is 32.1 Å². The van der Waals surface area contributed by atoms with Crippen molar-refractivity contribution in [3.63, 3.8) is 0 Å². The van der Waals surface area contributed by atoms with Crippen molar-refractivity contribution in [3.8, 4) is 22.6 Å².